The Kier molecular flexibility index (Phi) is 6.35. The lowest BCUT2D eigenvalue weighted by Crippen LogP contribution is -2.48. The van der Waals surface area contributed by atoms with Crippen LogP contribution in [0, 0.1) is 0 Å². The number of carbonyl (C=O) groups excluding carboxylic acids is 2. The molecule has 0 bridgehead atoms. The third-order valence-electron chi connectivity index (χ3n) is 5.22. The molecule has 0 aliphatic carbocycles. The molecular weight excluding hydrogens is 466 g/mol. The molecule has 1 N–H and O–H groups in total. The predicted molar refractivity (Wildman–Crippen MR) is 122 cm³/mol. The van der Waals surface area contributed by atoms with Crippen molar-refractivity contribution in [1.29, 1.82) is 0 Å². The summed E-state index contributed by atoms with van der Waals surface area (Å²) in [7, 11) is 0. The third kappa shape index (κ3) is 5.06. The summed E-state index contributed by atoms with van der Waals surface area (Å²) in [5, 5.41) is 12.1. The molecule has 4 heterocycles. The molecule has 1 aromatic carbocycles. The zero-order valence-corrected chi connectivity index (χ0v) is 19.2. The Bertz CT molecular complexity index is 1130. The number of anilines is 1. The Hall–Kier alpha value is -3.25. The molecule has 0 saturated carbocycles. The molecule has 1 saturated heterocycles. The average molecular weight is 488 g/mol. The molecule has 0 atom stereocenters. The van der Waals surface area contributed by atoms with Crippen molar-refractivity contribution in [2.24, 2.45) is 0 Å². The number of hydrogen-bond donors (Lipinski definition) is 1. The molecule has 0 spiro atoms. The summed E-state index contributed by atoms with van der Waals surface area (Å²) in [6, 6.07) is 8.86. The molecule has 10 nitrogen and oxygen atoms in total. The molecule has 2 amide bonds. The van der Waals surface area contributed by atoms with Gasteiger partial charge >= 0.3 is 0 Å². The molecule has 0 radical (unpaired) electrons. The number of piperazine rings is 1. The van der Waals surface area contributed by atoms with Gasteiger partial charge in [-0.2, -0.15) is 0 Å². The van der Waals surface area contributed by atoms with Crippen molar-refractivity contribution in [3.63, 3.8) is 0 Å². The molecule has 2 aliphatic heterocycles. The molecule has 1 fully saturated rings. The molecule has 2 aromatic heterocycles. The Balaban J connectivity index is 1.09. The first-order chi connectivity index (χ1) is 16.2. The van der Waals surface area contributed by atoms with Crippen LogP contribution in [0.4, 0.5) is 5.13 Å². The smallest absolute Gasteiger partial charge is 0.254 e. The van der Waals surface area contributed by atoms with Gasteiger partial charge in [0.15, 0.2) is 15.8 Å². The SMILES string of the molecule is O=C(CSc1nnc(N2CCN(C(=O)c3ccc4c(c3)OCO4)CC2)s1)NCc1ccco1. The molecule has 33 heavy (non-hydrogen) atoms. The van der Waals surface area contributed by atoms with E-state index >= 15 is 0 Å². The number of nitrogens with one attached hydrogen (secondary N) is 1. The summed E-state index contributed by atoms with van der Waals surface area (Å²) in [4.78, 5) is 28.8. The van der Waals surface area contributed by atoms with Gasteiger partial charge in [-0.1, -0.05) is 23.1 Å². The van der Waals surface area contributed by atoms with Crippen molar-refractivity contribution in [3.05, 3.63) is 47.9 Å². The van der Waals surface area contributed by atoms with Gasteiger partial charge in [0.25, 0.3) is 5.91 Å². The van der Waals surface area contributed by atoms with Gasteiger partial charge in [-0.3, -0.25) is 9.59 Å². The van der Waals surface area contributed by atoms with Gasteiger partial charge in [0.1, 0.15) is 5.76 Å². The Morgan fingerprint density at radius 3 is 2.76 bits per heavy atom. The first-order valence-corrected chi connectivity index (χ1v) is 12.2. The third-order valence-corrected chi connectivity index (χ3v) is 7.34. The maximum atomic E-state index is 12.9. The number of benzene rings is 1. The van der Waals surface area contributed by atoms with E-state index in [0.717, 1.165) is 9.47 Å². The van der Waals surface area contributed by atoms with Crippen LogP contribution in [0.25, 0.3) is 0 Å². The van der Waals surface area contributed by atoms with Gasteiger partial charge in [-0.25, -0.2) is 0 Å². The zero-order chi connectivity index (χ0) is 22.6. The average Bonchev–Trinajstić information content (AvgIpc) is 3.62. The number of furan rings is 1. The first-order valence-electron chi connectivity index (χ1n) is 10.3. The van der Waals surface area contributed by atoms with E-state index < -0.39 is 0 Å². The fourth-order valence-corrected chi connectivity index (χ4v) is 5.20. The van der Waals surface area contributed by atoms with Crippen LogP contribution in [0.15, 0.2) is 45.4 Å². The van der Waals surface area contributed by atoms with Crippen LogP contribution in [0.2, 0.25) is 0 Å². The number of amides is 2. The summed E-state index contributed by atoms with van der Waals surface area (Å²) in [5.74, 6) is 2.12. The minimum atomic E-state index is -0.0937. The number of ether oxygens (including phenoxy) is 2. The van der Waals surface area contributed by atoms with Crippen LogP contribution in [0.1, 0.15) is 16.1 Å². The second-order valence-corrected chi connectivity index (χ2v) is 9.52. The highest BCUT2D eigenvalue weighted by molar-refractivity contribution is 8.01. The maximum Gasteiger partial charge on any atom is 0.254 e. The van der Waals surface area contributed by atoms with E-state index in [1.807, 2.05) is 11.0 Å². The van der Waals surface area contributed by atoms with Gasteiger partial charge in [-0.15, -0.1) is 10.2 Å². The normalized spacial score (nSPS) is 15.0. The monoisotopic (exact) mass is 487 g/mol. The minimum Gasteiger partial charge on any atom is -0.467 e. The molecule has 3 aromatic rings. The maximum absolute atomic E-state index is 12.9. The van der Waals surface area contributed by atoms with Crippen LogP contribution < -0.4 is 19.7 Å². The first kappa shape index (κ1) is 21.6. The van der Waals surface area contributed by atoms with Crippen molar-refractivity contribution in [2.45, 2.75) is 10.9 Å². The topological polar surface area (TPSA) is 110 Å². The van der Waals surface area contributed by atoms with E-state index in [1.165, 1.54) is 23.1 Å². The van der Waals surface area contributed by atoms with Crippen molar-refractivity contribution in [2.75, 3.05) is 43.6 Å². The fraction of sp³-hybridized carbons (Fsp3) is 0.333. The Labute approximate surface area is 197 Å². The van der Waals surface area contributed by atoms with Gasteiger partial charge in [0, 0.05) is 31.7 Å². The second-order valence-electron chi connectivity index (χ2n) is 7.34. The van der Waals surface area contributed by atoms with Crippen LogP contribution in [0.3, 0.4) is 0 Å². The number of fused-ring (bicyclic) bond motifs is 1. The molecule has 0 unspecified atom stereocenters. The van der Waals surface area contributed by atoms with E-state index in [4.69, 9.17) is 13.9 Å². The van der Waals surface area contributed by atoms with Gasteiger partial charge in [0.2, 0.25) is 17.8 Å². The molecule has 172 valence electrons. The van der Waals surface area contributed by atoms with Crippen molar-refractivity contribution >= 4 is 40.0 Å². The number of rotatable bonds is 7. The number of thioether (sulfide) groups is 1. The van der Waals surface area contributed by atoms with Gasteiger partial charge in [-0.05, 0) is 30.3 Å². The van der Waals surface area contributed by atoms with E-state index in [9.17, 15) is 9.59 Å². The Morgan fingerprint density at radius 2 is 1.94 bits per heavy atom. The molecule has 12 heteroatoms. The Morgan fingerprint density at radius 1 is 1.09 bits per heavy atom. The summed E-state index contributed by atoms with van der Waals surface area (Å²) < 4.78 is 16.6. The number of hydrogen-bond acceptors (Lipinski definition) is 10. The molecule has 5 rings (SSSR count). The minimum absolute atomic E-state index is 0.0259. The summed E-state index contributed by atoms with van der Waals surface area (Å²) in [6.45, 7) is 3.06. The number of carbonyl (C=O) groups is 2. The highest BCUT2D eigenvalue weighted by Crippen LogP contribution is 2.33. The van der Waals surface area contributed by atoms with Crippen molar-refractivity contribution in [3.8, 4) is 11.5 Å². The van der Waals surface area contributed by atoms with E-state index in [-0.39, 0.29) is 24.4 Å². The lowest BCUT2D eigenvalue weighted by Gasteiger charge is -2.34. The van der Waals surface area contributed by atoms with E-state index in [2.05, 4.69) is 20.4 Å². The van der Waals surface area contributed by atoms with E-state index in [1.54, 1.807) is 30.5 Å². The van der Waals surface area contributed by atoms with Crippen LogP contribution >= 0.6 is 23.1 Å². The van der Waals surface area contributed by atoms with Crippen LogP contribution in [0.5, 0.6) is 11.5 Å². The standard InChI is InChI=1S/C21H21N5O5S2/c27-18(22-11-15-2-1-9-29-15)12-32-21-24-23-20(33-21)26-7-5-25(6-8-26)19(28)14-3-4-16-17(10-14)31-13-30-16/h1-4,9-10H,5-8,11-13H2,(H,22,27). The number of aromatic nitrogens is 2. The fourth-order valence-electron chi connectivity index (χ4n) is 3.48. The van der Waals surface area contributed by atoms with Crippen molar-refractivity contribution < 1.29 is 23.5 Å². The highest BCUT2D eigenvalue weighted by Gasteiger charge is 2.25. The largest absolute Gasteiger partial charge is 0.467 e. The van der Waals surface area contributed by atoms with Crippen molar-refractivity contribution in [1.82, 2.24) is 20.4 Å². The quantitative estimate of drug-likeness (QED) is 0.502. The molecular formula is C21H21N5O5S2. The zero-order valence-electron chi connectivity index (χ0n) is 17.6. The highest BCUT2D eigenvalue weighted by atomic mass is 32.2. The predicted octanol–water partition coefficient (Wildman–Crippen LogP) is 2.23. The number of nitrogens with zero attached hydrogens (tertiary/aromatic N) is 4. The molecule has 2 aliphatic rings. The van der Waals surface area contributed by atoms with Crippen LogP contribution in [-0.4, -0.2) is 65.6 Å². The summed E-state index contributed by atoms with van der Waals surface area (Å²) >= 11 is 2.80. The lowest BCUT2D eigenvalue weighted by molar-refractivity contribution is -0.118. The lowest BCUT2D eigenvalue weighted by atomic mass is 10.1. The summed E-state index contributed by atoms with van der Waals surface area (Å²) in [5.41, 5.74) is 0.590. The van der Waals surface area contributed by atoms with E-state index in [0.29, 0.717) is 55.5 Å². The van der Waals surface area contributed by atoms with Gasteiger partial charge < -0.3 is 29.0 Å². The van der Waals surface area contributed by atoms with Crippen LogP contribution in [-0.2, 0) is 11.3 Å². The van der Waals surface area contributed by atoms with Gasteiger partial charge in [0.05, 0.1) is 18.6 Å². The second kappa shape index (κ2) is 9.71. The summed E-state index contributed by atoms with van der Waals surface area (Å²) in [6.07, 6.45) is 1.58.